The molecule has 1 saturated heterocycles. The minimum atomic E-state index is 0.0808. The first kappa shape index (κ1) is 16.0. The van der Waals surface area contributed by atoms with E-state index in [0.717, 1.165) is 50.0 Å². The van der Waals surface area contributed by atoms with Crippen LogP contribution in [-0.2, 0) is 4.79 Å². The van der Waals surface area contributed by atoms with Crippen molar-refractivity contribution in [1.29, 1.82) is 0 Å². The van der Waals surface area contributed by atoms with Gasteiger partial charge in [-0.3, -0.25) is 4.79 Å². The van der Waals surface area contributed by atoms with E-state index in [9.17, 15) is 4.79 Å². The Morgan fingerprint density at radius 1 is 1.17 bits per heavy atom. The molecule has 5 nitrogen and oxygen atoms in total. The zero-order valence-corrected chi connectivity index (χ0v) is 14.0. The Balaban J connectivity index is 1.43. The van der Waals surface area contributed by atoms with E-state index in [2.05, 4.69) is 20.1 Å². The van der Waals surface area contributed by atoms with Gasteiger partial charge in [-0.1, -0.05) is 18.2 Å². The molecular weight excluding hydrogens is 308 g/mol. The van der Waals surface area contributed by atoms with Crippen LogP contribution in [0.1, 0.15) is 12.8 Å². The third-order valence-corrected chi connectivity index (χ3v) is 4.82. The number of hydrogen-bond acceptors (Lipinski definition) is 5. The molecule has 1 N–H and O–H groups in total. The Kier molecular flexibility index (Phi) is 5.60. The van der Waals surface area contributed by atoms with Crippen LogP contribution in [0.2, 0.25) is 0 Å². The minimum absolute atomic E-state index is 0.0808. The van der Waals surface area contributed by atoms with Gasteiger partial charge in [-0.15, -0.1) is 11.3 Å². The molecule has 3 rings (SSSR count). The monoisotopic (exact) mass is 330 g/mol. The molecule has 1 aromatic carbocycles. The summed E-state index contributed by atoms with van der Waals surface area (Å²) in [5.74, 6) is 0.0808. The molecule has 0 saturated carbocycles. The van der Waals surface area contributed by atoms with Crippen molar-refractivity contribution < 1.29 is 4.79 Å². The van der Waals surface area contributed by atoms with Crippen LogP contribution < -0.4 is 10.2 Å². The number of amides is 1. The third-order valence-electron chi connectivity index (χ3n) is 3.99. The highest BCUT2D eigenvalue weighted by atomic mass is 32.1. The predicted octanol–water partition coefficient (Wildman–Crippen LogP) is 2.68. The lowest BCUT2D eigenvalue weighted by molar-refractivity contribution is -0.116. The topological polar surface area (TPSA) is 48.5 Å². The Bertz CT molecular complexity index is 602. The molecule has 1 amide bonds. The van der Waals surface area contributed by atoms with E-state index in [1.807, 2.05) is 41.9 Å². The van der Waals surface area contributed by atoms with Gasteiger partial charge in [0.15, 0.2) is 5.13 Å². The van der Waals surface area contributed by atoms with Crippen LogP contribution in [-0.4, -0.2) is 48.5 Å². The summed E-state index contributed by atoms with van der Waals surface area (Å²) in [6.45, 7) is 4.86. The number of anilines is 2. The van der Waals surface area contributed by atoms with Crippen molar-refractivity contribution in [2.45, 2.75) is 12.8 Å². The van der Waals surface area contributed by atoms with Gasteiger partial charge in [0.1, 0.15) is 0 Å². The average molecular weight is 330 g/mol. The molecule has 1 aliphatic heterocycles. The molecule has 2 aromatic rings. The predicted molar refractivity (Wildman–Crippen MR) is 95.1 cm³/mol. The fourth-order valence-electron chi connectivity index (χ4n) is 2.76. The Morgan fingerprint density at radius 2 is 2.04 bits per heavy atom. The second-order valence-electron chi connectivity index (χ2n) is 5.66. The van der Waals surface area contributed by atoms with Crippen molar-refractivity contribution in [1.82, 2.24) is 9.88 Å². The molecule has 23 heavy (non-hydrogen) atoms. The molecule has 1 aromatic heterocycles. The van der Waals surface area contributed by atoms with Gasteiger partial charge in [-0.25, -0.2) is 4.98 Å². The standard InChI is InChI=1S/C17H22N4OS/c22-16(19-15-5-2-1-3-6-15)7-11-20-9-4-10-21(13-12-20)17-18-8-14-23-17/h1-3,5-6,8,14H,4,7,9-13H2,(H,19,22). The van der Waals surface area contributed by atoms with E-state index in [4.69, 9.17) is 0 Å². The largest absolute Gasteiger partial charge is 0.347 e. The van der Waals surface area contributed by atoms with E-state index in [1.54, 1.807) is 11.3 Å². The molecular formula is C17H22N4OS. The van der Waals surface area contributed by atoms with Gasteiger partial charge in [0.05, 0.1) is 0 Å². The lowest BCUT2D eigenvalue weighted by Crippen LogP contribution is -2.32. The zero-order chi connectivity index (χ0) is 15.9. The second kappa shape index (κ2) is 8.08. The van der Waals surface area contributed by atoms with Crippen LogP contribution in [0.15, 0.2) is 41.9 Å². The highest BCUT2D eigenvalue weighted by Gasteiger charge is 2.17. The number of para-hydroxylation sites is 1. The van der Waals surface area contributed by atoms with Crippen molar-refractivity contribution in [2.24, 2.45) is 0 Å². The maximum Gasteiger partial charge on any atom is 0.225 e. The van der Waals surface area contributed by atoms with Crippen LogP contribution in [0.4, 0.5) is 10.8 Å². The third kappa shape index (κ3) is 4.77. The summed E-state index contributed by atoms with van der Waals surface area (Å²) < 4.78 is 0. The number of carbonyl (C=O) groups excluding carboxylic acids is 1. The van der Waals surface area contributed by atoms with Crippen LogP contribution >= 0.6 is 11.3 Å². The number of rotatable bonds is 5. The molecule has 1 fully saturated rings. The molecule has 1 aliphatic rings. The van der Waals surface area contributed by atoms with Crippen LogP contribution in [0.5, 0.6) is 0 Å². The number of benzene rings is 1. The molecule has 122 valence electrons. The molecule has 0 bridgehead atoms. The van der Waals surface area contributed by atoms with E-state index in [1.165, 1.54) is 0 Å². The minimum Gasteiger partial charge on any atom is -0.347 e. The average Bonchev–Trinajstić information content (AvgIpc) is 3.00. The van der Waals surface area contributed by atoms with Crippen molar-refractivity contribution in [3.63, 3.8) is 0 Å². The number of nitrogens with zero attached hydrogens (tertiary/aromatic N) is 3. The Labute approximate surface area is 140 Å². The molecule has 0 unspecified atom stereocenters. The molecule has 6 heteroatoms. The summed E-state index contributed by atoms with van der Waals surface area (Å²) in [7, 11) is 0. The summed E-state index contributed by atoms with van der Waals surface area (Å²) in [5.41, 5.74) is 0.864. The molecule has 0 atom stereocenters. The summed E-state index contributed by atoms with van der Waals surface area (Å²) in [5, 5.41) is 6.07. The number of nitrogens with one attached hydrogen (secondary N) is 1. The highest BCUT2D eigenvalue weighted by molar-refractivity contribution is 7.13. The SMILES string of the molecule is O=C(CCN1CCCN(c2nccs2)CC1)Nc1ccccc1. The van der Waals surface area contributed by atoms with Crippen molar-refractivity contribution in [3.05, 3.63) is 41.9 Å². The molecule has 0 aliphatic carbocycles. The first-order valence-electron chi connectivity index (χ1n) is 8.03. The van der Waals surface area contributed by atoms with E-state index < -0.39 is 0 Å². The summed E-state index contributed by atoms with van der Waals surface area (Å²) in [6, 6.07) is 9.63. The first-order valence-corrected chi connectivity index (χ1v) is 8.91. The van der Waals surface area contributed by atoms with Gasteiger partial charge in [0.2, 0.25) is 5.91 Å². The maximum absolute atomic E-state index is 12.0. The summed E-state index contributed by atoms with van der Waals surface area (Å²) >= 11 is 1.69. The summed E-state index contributed by atoms with van der Waals surface area (Å²) in [6.07, 6.45) is 3.50. The van der Waals surface area contributed by atoms with E-state index in [0.29, 0.717) is 6.42 Å². The van der Waals surface area contributed by atoms with Gasteiger partial charge < -0.3 is 15.1 Å². The van der Waals surface area contributed by atoms with Gasteiger partial charge in [-0.2, -0.15) is 0 Å². The molecule has 0 spiro atoms. The van der Waals surface area contributed by atoms with Gasteiger partial charge in [-0.05, 0) is 25.1 Å². The van der Waals surface area contributed by atoms with Crippen LogP contribution in [0.25, 0.3) is 0 Å². The molecule has 2 heterocycles. The van der Waals surface area contributed by atoms with Gasteiger partial charge in [0.25, 0.3) is 0 Å². The first-order chi connectivity index (χ1) is 11.3. The Morgan fingerprint density at radius 3 is 2.83 bits per heavy atom. The van der Waals surface area contributed by atoms with Crippen molar-refractivity contribution in [3.8, 4) is 0 Å². The maximum atomic E-state index is 12.0. The summed E-state index contributed by atoms with van der Waals surface area (Å²) in [4.78, 5) is 21.1. The Hall–Kier alpha value is -1.92. The van der Waals surface area contributed by atoms with E-state index in [-0.39, 0.29) is 5.91 Å². The smallest absolute Gasteiger partial charge is 0.225 e. The second-order valence-corrected chi connectivity index (χ2v) is 6.53. The van der Waals surface area contributed by atoms with Gasteiger partial charge in [0, 0.05) is 49.9 Å². The van der Waals surface area contributed by atoms with Crippen LogP contribution in [0.3, 0.4) is 0 Å². The lowest BCUT2D eigenvalue weighted by atomic mass is 10.3. The van der Waals surface area contributed by atoms with Gasteiger partial charge >= 0.3 is 0 Å². The fraction of sp³-hybridized carbons (Fsp3) is 0.412. The van der Waals surface area contributed by atoms with Crippen molar-refractivity contribution in [2.75, 3.05) is 42.9 Å². The zero-order valence-electron chi connectivity index (χ0n) is 13.1. The number of aromatic nitrogens is 1. The normalized spacial score (nSPS) is 16.1. The van der Waals surface area contributed by atoms with E-state index >= 15 is 0 Å². The highest BCUT2D eigenvalue weighted by Crippen LogP contribution is 2.19. The van der Waals surface area contributed by atoms with Crippen LogP contribution in [0, 0.1) is 0 Å². The lowest BCUT2D eigenvalue weighted by Gasteiger charge is -2.21. The molecule has 0 radical (unpaired) electrons. The fourth-order valence-corrected chi connectivity index (χ4v) is 3.46. The number of thiazole rings is 1. The number of hydrogen-bond donors (Lipinski definition) is 1. The number of carbonyl (C=O) groups is 1. The quantitative estimate of drug-likeness (QED) is 0.916. The van der Waals surface area contributed by atoms with Crippen molar-refractivity contribution >= 4 is 28.1 Å².